The second kappa shape index (κ2) is 10.0. The molecule has 0 fully saturated rings. The van der Waals surface area contributed by atoms with Gasteiger partial charge in [-0.25, -0.2) is 9.97 Å². The summed E-state index contributed by atoms with van der Waals surface area (Å²) < 4.78 is 41.6. The molecule has 6 nitrogen and oxygen atoms in total. The smallest absolute Gasteiger partial charge is 0.367 e. The maximum atomic E-state index is 13.2. The number of benzene rings is 1. The van der Waals surface area contributed by atoms with Gasteiger partial charge in [-0.3, -0.25) is 0 Å². The Morgan fingerprint density at radius 3 is 2.85 bits per heavy atom. The van der Waals surface area contributed by atoms with E-state index in [1.54, 1.807) is 6.20 Å². The molecule has 33 heavy (non-hydrogen) atoms. The van der Waals surface area contributed by atoms with E-state index in [1.165, 1.54) is 11.6 Å². The van der Waals surface area contributed by atoms with Crippen LogP contribution in [0.2, 0.25) is 5.02 Å². The Hall–Kier alpha value is -2.78. The molecule has 1 aliphatic heterocycles. The molecule has 0 aliphatic carbocycles. The van der Waals surface area contributed by atoms with Crippen molar-refractivity contribution in [3.8, 4) is 0 Å². The summed E-state index contributed by atoms with van der Waals surface area (Å²) in [5.41, 5.74) is 1.72. The highest BCUT2D eigenvalue weighted by molar-refractivity contribution is 6.31. The summed E-state index contributed by atoms with van der Waals surface area (Å²) in [6.45, 7) is 2.90. The fraction of sp³-hybridized carbons (Fsp3) is 0.391. The van der Waals surface area contributed by atoms with E-state index in [-0.39, 0.29) is 6.54 Å². The zero-order valence-electron chi connectivity index (χ0n) is 18.3. The molecule has 0 unspecified atom stereocenters. The lowest BCUT2D eigenvalue weighted by Gasteiger charge is -2.24. The Bertz CT molecular complexity index is 1100. The topological polar surface area (TPSA) is 58.0 Å². The van der Waals surface area contributed by atoms with Crippen LogP contribution in [0.25, 0.3) is 0 Å². The van der Waals surface area contributed by atoms with Crippen LogP contribution in [-0.2, 0) is 32.7 Å². The van der Waals surface area contributed by atoms with Gasteiger partial charge in [-0.15, -0.1) is 0 Å². The molecule has 2 N–H and O–H groups in total. The van der Waals surface area contributed by atoms with Crippen molar-refractivity contribution in [3.05, 3.63) is 70.3 Å². The normalized spacial score (nSPS) is 14.0. The van der Waals surface area contributed by atoms with Crippen LogP contribution >= 0.6 is 11.6 Å². The number of aryl methyl sites for hydroxylation is 1. The zero-order valence-corrected chi connectivity index (χ0v) is 19.0. The first-order chi connectivity index (χ1) is 15.8. The molecule has 1 aromatic carbocycles. The quantitative estimate of drug-likeness (QED) is 0.484. The van der Waals surface area contributed by atoms with Gasteiger partial charge in [0.15, 0.2) is 11.6 Å². The predicted octanol–water partition coefficient (Wildman–Crippen LogP) is 4.64. The molecular formula is C23H26ClF3N6. The van der Waals surface area contributed by atoms with Gasteiger partial charge in [-0.1, -0.05) is 11.6 Å². The van der Waals surface area contributed by atoms with Crippen molar-refractivity contribution in [2.75, 3.05) is 29.9 Å². The first-order valence-corrected chi connectivity index (χ1v) is 11.2. The Balaban J connectivity index is 1.48. The van der Waals surface area contributed by atoms with Crippen molar-refractivity contribution in [2.24, 2.45) is 7.05 Å². The third-order valence-corrected chi connectivity index (χ3v) is 5.89. The van der Waals surface area contributed by atoms with Gasteiger partial charge in [0.05, 0.1) is 17.5 Å². The first-order valence-electron chi connectivity index (χ1n) is 10.8. The van der Waals surface area contributed by atoms with Crippen molar-refractivity contribution in [1.29, 1.82) is 0 Å². The predicted molar refractivity (Wildman–Crippen MR) is 123 cm³/mol. The van der Waals surface area contributed by atoms with Crippen LogP contribution in [-0.4, -0.2) is 34.2 Å². The third kappa shape index (κ3) is 5.97. The van der Waals surface area contributed by atoms with E-state index in [2.05, 4.69) is 27.9 Å². The molecule has 0 bridgehead atoms. The second-order valence-corrected chi connectivity index (χ2v) is 8.56. The number of fused-ring (bicyclic) bond motifs is 1. The van der Waals surface area contributed by atoms with Gasteiger partial charge in [-0.2, -0.15) is 13.2 Å². The summed E-state index contributed by atoms with van der Waals surface area (Å²) in [6, 6.07) is 5.51. The monoisotopic (exact) mass is 478 g/mol. The van der Waals surface area contributed by atoms with Gasteiger partial charge < -0.3 is 20.1 Å². The molecule has 2 aromatic heterocycles. The number of hydrogen-bond acceptors (Lipinski definition) is 5. The van der Waals surface area contributed by atoms with Crippen LogP contribution in [0.15, 0.2) is 42.9 Å². The summed E-state index contributed by atoms with van der Waals surface area (Å²) in [5.74, 6) is 1.26. The lowest BCUT2D eigenvalue weighted by molar-refractivity contribution is -0.137. The molecule has 0 amide bonds. The summed E-state index contributed by atoms with van der Waals surface area (Å²) >= 11 is 6.24. The minimum Gasteiger partial charge on any atom is -0.367 e. The van der Waals surface area contributed by atoms with Gasteiger partial charge >= 0.3 is 6.18 Å². The fourth-order valence-corrected chi connectivity index (χ4v) is 3.99. The summed E-state index contributed by atoms with van der Waals surface area (Å²) in [7, 11) is 1.99. The molecule has 0 radical (unpaired) electrons. The molecule has 0 spiro atoms. The van der Waals surface area contributed by atoms with Crippen molar-refractivity contribution in [1.82, 2.24) is 19.9 Å². The Morgan fingerprint density at radius 2 is 2.09 bits per heavy atom. The van der Waals surface area contributed by atoms with Gasteiger partial charge in [0.25, 0.3) is 0 Å². The third-order valence-electron chi connectivity index (χ3n) is 5.52. The Kier molecular flexibility index (Phi) is 7.09. The van der Waals surface area contributed by atoms with Crippen molar-refractivity contribution in [2.45, 2.75) is 32.1 Å². The van der Waals surface area contributed by atoms with E-state index >= 15 is 0 Å². The molecular weight excluding hydrogens is 453 g/mol. The maximum absolute atomic E-state index is 13.2. The van der Waals surface area contributed by atoms with E-state index in [9.17, 15) is 13.2 Å². The molecule has 0 saturated carbocycles. The summed E-state index contributed by atoms with van der Waals surface area (Å²) in [6.07, 6.45) is 3.12. The fourth-order valence-electron chi connectivity index (χ4n) is 3.82. The van der Waals surface area contributed by atoms with Crippen LogP contribution in [0, 0.1) is 0 Å². The number of hydrogen-bond donors (Lipinski definition) is 2. The number of nitrogens with one attached hydrogen (secondary N) is 2. The Labute approximate surface area is 195 Å². The van der Waals surface area contributed by atoms with Crippen LogP contribution < -0.4 is 15.5 Å². The van der Waals surface area contributed by atoms with Gasteiger partial charge in [0, 0.05) is 50.6 Å². The summed E-state index contributed by atoms with van der Waals surface area (Å²) in [5, 5.41) is 6.94. The highest BCUT2D eigenvalue weighted by Gasteiger charge is 2.31. The second-order valence-electron chi connectivity index (χ2n) is 8.15. The highest BCUT2D eigenvalue weighted by atomic mass is 35.5. The van der Waals surface area contributed by atoms with E-state index in [4.69, 9.17) is 16.6 Å². The average Bonchev–Trinajstić information content (AvgIpc) is 3.08. The zero-order chi connectivity index (χ0) is 23.4. The molecule has 10 heteroatoms. The number of halogens is 4. The number of alkyl halides is 3. The summed E-state index contributed by atoms with van der Waals surface area (Å²) in [4.78, 5) is 11.2. The molecule has 0 atom stereocenters. The molecule has 1 aliphatic rings. The van der Waals surface area contributed by atoms with Gasteiger partial charge in [-0.05, 0) is 54.8 Å². The van der Waals surface area contributed by atoms with E-state index in [0.717, 1.165) is 37.2 Å². The minimum atomic E-state index is -4.42. The molecule has 3 heterocycles. The van der Waals surface area contributed by atoms with Gasteiger partial charge in [0.2, 0.25) is 0 Å². The maximum Gasteiger partial charge on any atom is 0.416 e. The van der Waals surface area contributed by atoms with Crippen molar-refractivity contribution >= 4 is 23.2 Å². The SMILES string of the molecule is Cn1ccc(CCNCc2cnc3c(n2)N(Cc2cc(C(F)(F)F)ccc2Cl)CCCN3)c1. The first kappa shape index (κ1) is 23.4. The van der Waals surface area contributed by atoms with E-state index in [0.29, 0.717) is 41.9 Å². The van der Waals surface area contributed by atoms with Gasteiger partial charge in [0.1, 0.15) is 0 Å². The number of nitrogens with zero attached hydrogens (tertiary/aromatic N) is 4. The van der Waals surface area contributed by atoms with Crippen LogP contribution in [0.1, 0.15) is 28.8 Å². The van der Waals surface area contributed by atoms with Crippen LogP contribution in [0.3, 0.4) is 0 Å². The average molecular weight is 479 g/mol. The number of aromatic nitrogens is 3. The number of rotatable bonds is 7. The largest absolute Gasteiger partial charge is 0.416 e. The minimum absolute atomic E-state index is 0.219. The molecule has 3 aromatic rings. The lowest BCUT2D eigenvalue weighted by Crippen LogP contribution is -2.26. The Morgan fingerprint density at radius 1 is 1.24 bits per heavy atom. The molecule has 176 valence electrons. The van der Waals surface area contributed by atoms with E-state index < -0.39 is 11.7 Å². The number of anilines is 2. The molecule has 4 rings (SSSR count). The highest BCUT2D eigenvalue weighted by Crippen LogP contribution is 2.33. The van der Waals surface area contributed by atoms with E-state index in [1.807, 2.05) is 22.7 Å². The molecule has 0 saturated heterocycles. The van der Waals surface area contributed by atoms with Crippen LogP contribution in [0.5, 0.6) is 0 Å². The lowest BCUT2D eigenvalue weighted by atomic mass is 10.1. The standard InChI is InChI=1S/C23H26ClF3N6/c1-32-10-6-16(14-32)5-8-28-12-19-13-30-21-22(31-19)33(9-2-7-29-21)15-17-11-18(23(25,26)27)3-4-20(17)24/h3-4,6,10-11,13-14,28H,2,5,7-9,12,15H2,1H3,(H,29,30). The van der Waals surface area contributed by atoms with Crippen molar-refractivity contribution in [3.63, 3.8) is 0 Å². The van der Waals surface area contributed by atoms with Crippen LogP contribution in [0.4, 0.5) is 24.8 Å². The van der Waals surface area contributed by atoms with Crippen molar-refractivity contribution < 1.29 is 13.2 Å².